The van der Waals surface area contributed by atoms with Crippen molar-refractivity contribution in [3.63, 3.8) is 0 Å². The fourth-order valence-electron chi connectivity index (χ4n) is 4.14. The van der Waals surface area contributed by atoms with Gasteiger partial charge in [0.25, 0.3) is 0 Å². The Balaban J connectivity index is 1.72. The van der Waals surface area contributed by atoms with Gasteiger partial charge in [0.1, 0.15) is 17.3 Å². The fourth-order valence-corrected chi connectivity index (χ4v) is 4.33. The average Bonchev–Trinajstić information content (AvgIpc) is 2.96. The van der Waals surface area contributed by atoms with Crippen molar-refractivity contribution in [3.05, 3.63) is 52.0 Å². The molecule has 3 nitrogen and oxygen atoms in total. The van der Waals surface area contributed by atoms with E-state index in [2.05, 4.69) is 24.0 Å². The van der Waals surface area contributed by atoms with Gasteiger partial charge in [-0.2, -0.15) is 0 Å². The van der Waals surface area contributed by atoms with Crippen molar-refractivity contribution in [3.8, 4) is 5.75 Å². The van der Waals surface area contributed by atoms with Crippen LogP contribution in [0.1, 0.15) is 46.7 Å². The molecular weight excluding hydrogens is 310 g/mol. The maximum Gasteiger partial charge on any atom is 0.119 e. The summed E-state index contributed by atoms with van der Waals surface area (Å²) in [6.07, 6.45) is 3.63. The Hall–Kier alpha value is -1.45. The number of phenols is 1. The lowest BCUT2D eigenvalue weighted by molar-refractivity contribution is 0.152. The molecule has 1 aromatic heterocycles. The summed E-state index contributed by atoms with van der Waals surface area (Å²) in [5.74, 6) is 3.19. The first kappa shape index (κ1) is 15.1. The summed E-state index contributed by atoms with van der Waals surface area (Å²) in [4.78, 5) is 2.53. The van der Waals surface area contributed by atoms with Crippen LogP contribution >= 0.6 is 11.6 Å². The van der Waals surface area contributed by atoms with Crippen molar-refractivity contribution in [1.82, 2.24) is 4.90 Å². The molecule has 4 rings (SSSR count). The van der Waals surface area contributed by atoms with Gasteiger partial charge in [-0.3, -0.25) is 4.90 Å². The Labute approximate surface area is 141 Å². The van der Waals surface area contributed by atoms with E-state index < -0.39 is 0 Å². The molecule has 0 fully saturated rings. The van der Waals surface area contributed by atoms with Crippen molar-refractivity contribution < 1.29 is 9.52 Å². The number of rotatable bonds is 3. The average molecular weight is 332 g/mol. The Morgan fingerprint density at radius 2 is 2.26 bits per heavy atom. The minimum Gasteiger partial charge on any atom is -0.508 e. The number of benzene rings is 1. The second kappa shape index (κ2) is 5.88. The van der Waals surface area contributed by atoms with Gasteiger partial charge in [0, 0.05) is 43.4 Å². The number of nitrogens with zero attached hydrogens (tertiary/aromatic N) is 1. The zero-order valence-electron chi connectivity index (χ0n) is 13.4. The number of hydrogen-bond acceptors (Lipinski definition) is 3. The van der Waals surface area contributed by atoms with E-state index >= 15 is 0 Å². The summed E-state index contributed by atoms with van der Waals surface area (Å²) in [5, 5.41) is 10.1. The van der Waals surface area contributed by atoms with E-state index in [1.165, 1.54) is 16.7 Å². The summed E-state index contributed by atoms with van der Waals surface area (Å²) < 4.78 is 6.00. The molecule has 1 atom stereocenters. The Morgan fingerprint density at radius 1 is 1.39 bits per heavy atom. The second-order valence-electron chi connectivity index (χ2n) is 6.53. The lowest BCUT2D eigenvalue weighted by atomic mass is 9.84. The molecular formula is C19H22ClNO2. The largest absolute Gasteiger partial charge is 0.508 e. The minimum absolute atomic E-state index is 0.397. The molecule has 1 aromatic carbocycles. The maximum atomic E-state index is 10.1. The summed E-state index contributed by atoms with van der Waals surface area (Å²) in [5.41, 5.74) is 5.15. The summed E-state index contributed by atoms with van der Waals surface area (Å²) in [6, 6.07) is 6.55. The van der Waals surface area contributed by atoms with E-state index in [1.807, 2.05) is 6.07 Å². The van der Waals surface area contributed by atoms with Crippen LogP contribution in [0.2, 0.25) is 0 Å². The summed E-state index contributed by atoms with van der Waals surface area (Å²) >= 11 is 5.86. The predicted octanol–water partition coefficient (Wildman–Crippen LogP) is 3.98. The molecule has 0 saturated carbocycles. The van der Waals surface area contributed by atoms with Gasteiger partial charge < -0.3 is 9.52 Å². The zero-order chi connectivity index (χ0) is 16.0. The number of phenolic OH excluding ortho intramolecular Hbond substituents is 1. The Morgan fingerprint density at radius 3 is 3.04 bits per heavy atom. The minimum atomic E-state index is 0.397. The van der Waals surface area contributed by atoms with Crippen molar-refractivity contribution in [2.45, 2.75) is 45.2 Å². The third kappa shape index (κ3) is 2.47. The number of aryl methyl sites for hydroxylation is 1. The van der Waals surface area contributed by atoms with E-state index in [4.69, 9.17) is 16.0 Å². The molecule has 0 radical (unpaired) electrons. The molecule has 0 bridgehead atoms. The van der Waals surface area contributed by atoms with Crippen LogP contribution in [0.15, 0.2) is 22.6 Å². The topological polar surface area (TPSA) is 36.6 Å². The molecule has 2 aromatic rings. The molecule has 2 aliphatic rings. The van der Waals surface area contributed by atoms with Gasteiger partial charge in [-0.05, 0) is 41.7 Å². The van der Waals surface area contributed by atoms with Gasteiger partial charge in [0.15, 0.2) is 0 Å². The molecule has 4 heteroatoms. The van der Waals surface area contributed by atoms with E-state index in [0.29, 0.717) is 17.7 Å². The fraction of sp³-hybridized carbons (Fsp3) is 0.474. The number of furan rings is 1. The van der Waals surface area contributed by atoms with Gasteiger partial charge >= 0.3 is 0 Å². The molecule has 0 saturated heterocycles. The highest BCUT2D eigenvalue weighted by atomic mass is 35.5. The normalized spacial score (nSPS) is 20.0. The monoisotopic (exact) mass is 331 g/mol. The third-order valence-corrected chi connectivity index (χ3v) is 5.48. The lowest BCUT2D eigenvalue weighted by Gasteiger charge is -2.40. The third-order valence-electron chi connectivity index (χ3n) is 5.29. The van der Waals surface area contributed by atoms with Crippen LogP contribution in [0.5, 0.6) is 5.75 Å². The molecule has 1 unspecified atom stereocenters. The number of halogens is 1. The highest BCUT2D eigenvalue weighted by molar-refractivity contribution is 6.17. The highest BCUT2D eigenvalue weighted by Crippen LogP contribution is 2.41. The summed E-state index contributed by atoms with van der Waals surface area (Å²) in [7, 11) is 0. The molecule has 2 aliphatic heterocycles. The molecule has 0 aliphatic carbocycles. The van der Waals surface area contributed by atoms with E-state index in [0.717, 1.165) is 55.9 Å². The van der Waals surface area contributed by atoms with Crippen LogP contribution in [0.4, 0.5) is 0 Å². The van der Waals surface area contributed by atoms with E-state index in [-0.39, 0.29) is 0 Å². The second-order valence-corrected chi connectivity index (χ2v) is 6.90. The van der Waals surface area contributed by atoms with Crippen LogP contribution in [0.3, 0.4) is 0 Å². The van der Waals surface area contributed by atoms with Gasteiger partial charge in [0.2, 0.25) is 0 Å². The van der Waals surface area contributed by atoms with Crippen LogP contribution in [-0.4, -0.2) is 22.4 Å². The molecule has 0 spiro atoms. The van der Waals surface area contributed by atoms with Crippen molar-refractivity contribution in [2.75, 3.05) is 12.4 Å². The number of hydrogen-bond donors (Lipinski definition) is 1. The molecule has 23 heavy (non-hydrogen) atoms. The molecule has 3 heterocycles. The van der Waals surface area contributed by atoms with Crippen LogP contribution in [-0.2, 0) is 32.2 Å². The molecule has 1 N–H and O–H groups in total. The first-order valence-corrected chi connectivity index (χ1v) is 8.98. The SMILES string of the molecule is CCc1c(O)ccc2c1CN1CCc3oc(CCCl)cc3C1C2. The van der Waals surface area contributed by atoms with Gasteiger partial charge in [0.05, 0.1) is 0 Å². The highest BCUT2D eigenvalue weighted by Gasteiger charge is 2.35. The van der Waals surface area contributed by atoms with Crippen molar-refractivity contribution in [2.24, 2.45) is 0 Å². The first-order valence-electron chi connectivity index (χ1n) is 8.45. The van der Waals surface area contributed by atoms with Crippen LogP contribution in [0.25, 0.3) is 0 Å². The first-order chi connectivity index (χ1) is 11.2. The Bertz CT molecular complexity index is 737. The standard InChI is InChI=1S/C19H22ClNO2/c1-2-14-16-11-21-8-6-19-15(10-13(23-19)5-7-20)17(21)9-12(16)3-4-18(14)22/h3-4,10,17,22H,2,5-9,11H2,1H3. The maximum absolute atomic E-state index is 10.1. The predicted molar refractivity (Wildman–Crippen MR) is 91.2 cm³/mol. The van der Waals surface area contributed by atoms with Gasteiger partial charge in [-0.15, -0.1) is 11.6 Å². The Kier molecular flexibility index (Phi) is 3.86. The molecule has 122 valence electrons. The summed E-state index contributed by atoms with van der Waals surface area (Å²) in [6.45, 7) is 4.06. The smallest absolute Gasteiger partial charge is 0.119 e. The van der Waals surface area contributed by atoms with Gasteiger partial charge in [-0.1, -0.05) is 13.0 Å². The zero-order valence-corrected chi connectivity index (χ0v) is 14.2. The van der Waals surface area contributed by atoms with E-state index in [9.17, 15) is 5.11 Å². The van der Waals surface area contributed by atoms with Crippen molar-refractivity contribution >= 4 is 11.6 Å². The lowest BCUT2D eigenvalue weighted by Crippen LogP contribution is -2.39. The number of aromatic hydroxyl groups is 1. The van der Waals surface area contributed by atoms with Gasteiger partial charge in [-0.25, -0.2) is 0 Å². The molecule has 0 amide bonds. The van der Waals surface area contributed by atoms with E-state index in [1.54, 1.807) is 0 Å². The number of fused-ring (bicyclic) bond motifs is 4. The number of alkyl halides is 1. The van der Waals surface area contributed by atoms with Crippen molar-refractivity contribution in [1.29, 1.82) is 0 Å². The van der Waals surface area contributed by atoms with Crippen LogP contribution < -0.4 is 0 Å². The quantitative estimate of drug-likeness (QED) is 0.864. The van der Waals surface area contributed by atoms with Crippen LogP contribution in [0, 0.1) is 0 Å².